The first kappa shape index (κ1) is 12.3. The summed E-state index contributed by atoms with van der Waals surface area (Å²) in [6, 6.07) is 0. The van der Waals surface area contributed by atoms with E-state index in [0.29, 0.717) is 0 Å². The molecule has 2 fully saturated rings. The molecule has 16 heavy (non-hydrogen) atoms. The Morgan fingerprint density at radius 1 is 1.12 bits per heavy atom. The van der Waals surface area contributed by atoms with Gasteiger partial charge in [-0.2, -0.15) is 0 Å². The lowest BCUT2D eigenvalue weighted by molar-refractivity contribution is -0.0291. The molecule has 2 aliphatic heterocycles. The average Bonchev–Trinajstić information content (AvgIpc) is 2.33. The molecule has 0 aromatic rings. The summed E-state index contributed by atoms with van der Waals surface area (Å²) in [5.74, 6) is 0. The van der Waals surface area contributed by atoms with Crippen LogP contribution in [-0.4, -0.2) is 73.4 Å². The highest BCUT2D eigenvalue weighted by molar-refractivity contribution is 4.86. The Balaban J connectivity index is 1.71. The third-order valence-electron chi connectivity index (χ3n) is 4.02. The minimum absolute atomic E-state index is 0.391. The van der Waals surface area contributed by atoms with E-state index in [2.05, 4.69) is 22.2 Å². The summed E-state index contributed by atoms with van der Waals surface area (Å²) >= 11 is 0. The normalized spacial score (nSPS) is 28.1. The Hall–Kier alpha value is -0.160. The number of rotatable bonds is 3. The van der Waals surface area contributed by atoms with E-state index < -0.39 is 5.60 Å². The van der Waals surface area contributed by atoms with Gasteiger partial charge >= 0.3 is 0 Å². The number of piperazine rings is 1. The van der Waals surface area contributed by atoms with Crippen molar-refractivity contribution in [1.29, 1.82) is 0 Å². The third-order valence-corrected chi connectivity index (χ3v) is 4.02. The quantitative estimate of drug-likeness (QED) is 0.697. The third kappa shape index (κ3) is 3.42. The fraction of sp³-hybridized carbons (Fsp3) is 1.00. The van der Waals surface area contributed by atoms with E-state index in [1.165, 1.54) is 0 Å². The van der Waals surface area contributed by atoms with Crippen LogP contribution in [0, 0.1) is 0 Å². The van der Waals surface area contributed by atoms with Crippen LogP contribution in [0.1, 0.15) is 19.3 Å². The van der Waals surface area contributed by atoms with Gasteiger partial charge in [0, 0.05) is 45.8 Å². The lowest BCUT2D eigenvalue weighted by Gasteiger charge is -2.38. The van der Waals surface area contributed by atoms with Gasteiger partial charge in [0.1, 0.15) is 0 Å². The van der Waals surface area contributed by atoms with Crippen molar-refractivity contribution < 1.29 is 5.11 Å². The molecular weight excluding hydrogens is 202 g/mol. The van der Waals surface area contributed by atoms with Crippen LogP contribution in [0.2, 0.25) is 0 Å². The molecule has 0 spiro atoms. The van der Waals surface area contributed by atoms with E-state index in [1.54, 1.807) is 0 Å². The number of aliphatic hydroxyl groups is 1. The number of nitrogens with one attached hydrogen (secondary N) is 1. The van der Waals surface area contributed by atoms with Crippen LogP contribution in [0.15, 0.2) is 0 Å². The second kappa shape index (κ2) is 5.45. The SMILES string of the molecule is CN1CCC(O)(CCN2CCNCC2)CC1. The summed E-state index contributed by atoms with van der Waals surface area (Å²) < 4.78 is 0. The van der Waals surface area contributed by atoms with Gasteiger partial charge in [0.05, 0.1) is 5.60 Å². The van der Waals surface area contributed by atoms with Gasteiger partial charge in [-0.05, 0) is 26.3 Å². The molecule has 94 valence electrons. The van der Waals surface area contributed by atoms with Gasteiger partial charge in [0.25, 0.3) is 0 Å². The summed E-state index contributed by atoms with van der Waals surface area (Å²) in [6.45, 7) is 7.60. The van der Waals surface area contributed by atoms with E-state index in [9.17, 15) is 5.11 Å². The number of likely N-dealkylation sites (tertiary alicyclic amines) is 1. The van der Waals surface area contributed by atoms with Crippen LogP contribution >= 0.6 is 0 Å². The number of hydrogen-bond donors (Lipinski definition) is 2. The van der Waals surface area contributed by atoms with Gasteiger partial charge in [0.2, 0.25) is 0 Å². The van der Waals surface area contributed by atoms with E-state index >= 15 is 0 Å². The highest BCUT2D eigenvalue weighted by Gasteiger charge is 2.31. The zero-order valence-corrected chi connectivity index (χ0v) is 10.4. The molecule has 0 saturated carbocycles. The largest absolute Gasteiger partial charge is 0.390 e. The Morgan fingerprint density at radius 3 is 2.38 bits per heavy atom. The maximum Gasteiger partial charge on any atom is 0.0684 e. The highest BCUT2D eigenvalue weighted by atomic mass is 16.3. The lowest BCUT2D eigenvalue weighted by Crippen LogP contribution is -2.48. The number of piperidine rings is 1. The molecule has 2 aliphatic rings. The standard InChI is InChI=1S/C12H25N3O/c1-14-7-2-12(16,3-8-14)4-9-15-10-5-13-6-11-15/h13,16H,2-11H2,1H3. The molecule has 4 nitrogen and oxygen atoms in total. The Morgan fingerprint density at radius 2 is 1.75 bits per heavy atom. The molecule has 4 heteroatoms. The summed E-state index contributed by atoms with van der Waals surface area (Å²) in [7, 11) is 2.13. The maximum absolute atomic E-state index is 10.5. The minimum atomic E-state index is -0.391. The average molecular weight is 227 g/mol. The first-order chi connectivity index (χ1) is 7.68. The zero-order valence-electron chi connectivity index (χ0n) is 10.4. The topological polar surface area (TPSA) is 38.7 Å². The first-order valence-corrected chi connectivity index (χ1v) is 6.52. The van der Waals surface area contributed by atoms with Gasteiger partial charge in [-0.3, -0.25) is 0 Å². The van der Waals surface area contributed by atoms with E-state index in [4.69, 9.17) is 0 Å². The number of hydrogen-bond acceptors (Lipinski definition) is 4. The molecule has 0 amide bonds. The molecule has 2 rings (SSSR count). The van der Waals surface area contributed by atoms with Gasteiger partial charge < -0.3 is 20.2 Å². The summed E-state index contributed by atoms with van der Waals surface area (Å²) in [5, 5.41) is 13.8. The summed E-state index contributed by atoms with van der Waals surface area (Å²) in [6.07, 6.45) is 2.83. The summed E-state index contributed by atoms with van der Waals surface area (Å²) in [4.78, 5) is 4.77. The van der Waals surface area contributed by atoms with Crippen LogP contribution in [0.25, 0.3) is 0 Å². The van der Waals surface area contributed by atoms with E-state index in [0.717, 1.165) is 65.1 Å². The zero-order chi connectivity index (χ0) is 11.4. The van der Waals surface area contributed by atoms with Crippen molar-refractivity contribution in [2.75, 3.05) is 52.9 Å². The van der Waals surface area contributed by atoms with Crippen LogP contribution < -0.4 is 5.32 Å². The monoisotopic (exact) mass is 227 g/mol. The van der Waals surface area contributed by atoms with Gasteiger partial charge in [-0.1, -0.05) is 0 Å². The van der Waals surface area contributed by atoms with Crippen molar-refractivity contribution >= 4 is 0 Å². The molecule has 2 N–H and O–H groups in total. The van der Waals surface area contributed by atoms with Crippen molar-refractivity contribution in [2.45, 2.75) is 24.9 Å². The van der Waals surface area contributed by atoms with Crippen molar-refractivity contribution in [3.05, 3.63) is 0 Å². The molecule has 0 aliphatic carbocycles. The molecule has 0 bridgehead atoms. The molecule has 0 radical (unpaired) electrons. The molecule has 2 heterocycles. The van der Waals surface area contributed by atoms with E-state index in [-0.39, 0.29) is 0 Å². The van der Waals surface area contributed by atoms with Crippen molar-refractivity contribution in [3.63, 3.8) is 0 Å². The molecule has 0 aromatic carbocycles. The van der Waals surface area contributed by atoms with E-state index in [1.807, 2.05) is 0 Å². The number of nitrogens with zero attached hydrogens (tertiary/aromatic N) is 2. The molecular formula is C12H25N3O. The second-order valence-electron chi connectivity index (χ2n) is 5.37. The van der Waals surface area contributed by atoms with Crippen molar-refractivity contribution in [2.24, 2.45) is 0 Å². The smallest absolute Gasteiger partial charge is 0.0684 e. The van der Waals surface area contributed by atoms with Crippen molar-refractivity contribution in [3.8, 4) is 0 Å². The van der Waals surface area contributed by atoms with Crippen LogP contribution in [0.5, 0.6) is 0 Å². The van der Waals surface area contributed by atoms with Crippen molar-refractivity contribution in [1.82, 2.24) is 15.1 Å². The molecule has 0 atom stereocenters. The fourth-order valence-corrected chi connectivity index (χ4v) is 2.59. The Labute approximate surface area is 98.6 Å². The Kier molecular flexibility index (Phi) is 4.19. The molecule has 0 aromatic heterocycles. The maximum atomic E-state index is 10.5. The first-order valence-electron chi connectivity index (χ1n) is 6.52. The van der Waals surface area contributed by atoms with Gasteiger partial charge in [-0.25, -0.2) is 0 Å². The predicted molar refractivity (Wildman–Crippen MR) is 65.6 cm³/mol. The van der Waals surface area contributed by atoms with Crippen LogP contribution in [-0.2, 0) is 0 Å². The fourth-order valence-electron chi connectivity index (χ4n) is 2.59. The highest BCUT2D eigenvalue weighted by Crippen LogP contribution is 2.25. The predicted octanol–water partition coefficient (Wildman–Crippen LogP) is -0.262. The second-order valence-corrected chi connectivity index (χ2v) is 5.37. The van der Waals surface area contributed by atoms with Crippen LogP contribution in [0.3, 0.4) is 0 Å². The van der Waals surface area contributed by atoms with Gasteiger partial charge in [0.15, 0.2) is 0 Å². The van der Waals surface area contributed by atoms with Crippen LogP contribution in [0.4, 0.5) is 0 Å². The minimum Gasteiger partial charge on any atom is -0.390 e. The molecule has 0 unspecified atom stereocenters. The summed E-state index contributed by atoms with van der Waals surface area (Å²) in [5.41, 5.74) is -0.391. The lowest BCUT2D eigenvalue weighted by atomic mass is 9.88. The van der Waals surface area contributed by atoms with Gasteiger partial charge in [-0.15, -0.1) is 0 Å². The Bertz CT molecular complexity index is 208. The molecule has 2 saturated heterocycles.